The Morgan fingerprint density at radius 2 is 1.82 bits per heavy atom. The van der Waals surface area contributed by atoms with Crippen LogP contribution in [0.4, 0.5) is 0 Å². The molecule has 4 rings (SSSR count). The molecule has 0 heterocycles. The van der Waals surface area contributed by atoms with Crippen LogP contribution >= 0.6 is 0 Å². The first-order valence-electron chi connectivity index (χ1n) is 9.53. The highest BCUT2D eigenvalue weighted by Gasteiger charge is 2.57. The van der Waals surface area contributed by atoms with Gasteiger partial charge in [0.1, 0.15) is 11.6 Å². The predicted molar refractivity (Wildman–Crippen MR) is 86.3 cm³/mol. The highest BCUT2D eigenvalue weighted by molar-refractivity contribution is 5.80. The van der Waals surface area contributed by atoms with Crippen molar-refractivity contribution in [3.63, 3.8) is 0 Å². The standard InChI is InChI=1S/C20H30O2/c1-12(21)18-7-8-19-17-5-3-13-11-14(22)4-6-15(13)16(17)9-10-20(18,19)2/h13,15-19H,3-11H2,1-2H3/t13-,15+,16?,17?,18-,19?,20-/m0/s1. The van der Waals surface area contributed by atoms with Crippen molar-refractivity contribution in [2.75, 3.05) is 0 Å². The lowest BCUT2D eigenvalue weighted by molar-refractivity contribution is -0.132. The van der Waals surface area contributed by atoms with Gasteiger partial charge in [0, 0.05) is 18.8 Å². The molecule has 0 bridgehead atoms. The Hall–Kier alpha value is -0.660. The molecular weight excluding hydrogens is 272 g/mol. The Morgan fingerprint density at radius 1 is 1.00 bits per heavy atom. The number of hydrogen-bond donors (Lipinski definition) is 0. The first kappa shape index (κ1) is 14.9. The summed E-state index contributed by atoms with van der Waals surface area (Å²) in [6.45, 7) is 4.23. The molecule has 4 aliphatic carbocycles. The quantitative estimate of drug-likeness (QED) is 0.719. The van der Waals surface area contributed by atoms with Gasteiger partial charge in [0.05, 0.1) is 0 Å². The summed E-state index contributed by atoms with van der Waals surface area (Å²) in [7, 11) is 0. The lowest BCUT2D eigenvalue weighted by Crippen LogP contribution is -2.49. The van der Waals surface area contributed by atoms with Crippen LogP contribution < -0.4 is 0 Å². The van der Waals surface area contributed by atoms with Crippen molar-refractivity contribution in [2.24, 2.45) is 40.9 Å². The molecule has 22 heavy (non-hydrogen) atoms. The Morgan fingerprint density at radius 3 is 2.59 bits per heavy atom. The zero-order valence-electron chi connectivity index (χ0n) is 14.1. The van der Waals surface area contributed by atoms with Gasteiger partial charge in [0.25, 0.3) is 0 Å². The Kier molecular flexibility index (Phi) is 3.51. The third-order valence-corrected chi connectivity index (χ3v) is 8.26. The molecule has 0 aromatic rings. The number of fused-ring (bicyclic) bond motifs is 5. The second kappa shape index (κ2) is 5.18. The van der Waals surface area contributed by atoms with Crippen LogP contribution in [0.5, 0.6) is 0 Å². The Labute approximate surface area is 134 Å². The van der Waals surface area contributed by atoms with Gasteiger partial charge in [0.15, 0.2) is 0 Å². The van der Waals surface area contributed by atoms with Crippen LogP contribution in [-0.2, 0) is 9.59 Å². The van der Waals surface area contributed by atoms with Crippen molar-refractivity contribution in [3.8, 4) is 0 Å². The number of Topliss-reactive ketones (excluding diaryl/α,β-unsaturated/α-hetero) is 2. The molecule has 4 fully saturated rings. The molecule has 4 aliphatic rings. The van der Waals surface area contributed by atoms with Gasteiger partial charge in [-0.15, -0.1) is 0 Å². The molecule has 0 saturated heterocycles. The van der Waals surface area contributed by atoms with Crippen LogP contribution in [0.3, 0.4) is 0 Å². The molecule has 2 heteroatoms. The van der Waals surface area contributed by atoms with Crippen LogP contribution in [0.15, 0.2) is 0 Å². The van der Waals surface area contributed by atoms with E-state index >= 15 is 0 Å². The van der Waals surface area contributed by atoms with E-state index in [1.54, 1.807) is 0 Å². The zero-order valence-corrected chi connectivity index (χ0v) is 14.1. The number of carbonyl (C=O) groups is 2. The summed E-state index contributed by atoms with van der Waals surface area (Å²) in [4.78, 5) is 23.9. The van der Waals surface area contributed by atoms with Crippen LogP contribution in [0, 0.1) is 40.9 Å². The van der Waals surface area contributed by atoms with Crippen molar-refractivity contribution >= 4 is 11.6 Å². The van der Waals surface area contributed by atoms with E-state index in [4.69, 9.17) is 0 Å². The summed E-state index contributed by atoms with van der Waals surface area (Å²) in [5.41, 5.74) is 0.282. The number of ketones is 2. The Balaban J connectivity index is 1.58. The van der Waals surface area contributed by atoms with Gasteiger partial charge >= 0.3 is 0 Å². The molecule has 0 radical (unpaired) electrons. The average molecular weight is 302 g/mol. The van der Waals surface area contributed by atoms with Crippen LogP contribution in [-0.4, -0.2) is 11.6 Å². The van der Waals surface area contributed by atoms with E-state index in [0.29, 0.717) is 23.4 Å². The topological polar surface area (TPSA) is 34.1 Å². The molecule has 0 aliphatic heterocycles. The lowest BCUT2D eigenvalue weighted by atomic mass is 9.49. The third-order valence-electron chi connectivity index (χ3n) is 8.26. The third kappa shape index (κ3) is 2.05. The number of hydrogen-bond acceptors (Lipinski definition) is 2. The summed E-state index contributed by atoms with van der Waals surface area (Å²) in [5, 5.41) is 0. The van der Waals surface area contributed by atoms with Crippen LogP contribution in [0.1, 0.15) is 71.6 Å². The van der Waals surface area contributed by atoms with E-state index in [9.17, 15) is 9.59 Å². The van der Waals surface area contributed by atoms with Crippen molar-refractivity contribution in [1.29, 1.82) is 0 Å². The van der Waals surface area contributed by atoms with Crippen molar-refractivity contribution in [1.82, 2.24) is 0 Å². The largest absolute Gasteiger partial charge is 0.300 e. The second-order valence-corrected chi connectivity index (χ2v) is 9.00. The number of carbonyl (C=O) groups excluding carboxylic acids is 2. The molecule has 122 valence electrons. The minimum Gasteiger partial charge on any atom is -0.300 e. The zero-order chi connectivity index (χ0) is 15.5. The van der Waals surface area contributed by atoms with E-state index in [-0.39, 0.29) is 5.41 Å². The van der Waals surface area contributed by atoms with Gasteiger partial charge in [-0.2, -0.15) is 0 Å². The van der Waals surface area contributed by atoms with Gasteiger partial charge in [-0.25, -0.2) is 0 Å². The SMILES string of the molecule is CC(=O)[C@@H]1CCC2C3CC[C@H]4CC(=O)CC[C@H]4C3CC[C@]21C. The highest BCUT2D eigenvalue weighted by atomic mass is 16.1. The minimum atomic E-state index is 0.282. The average Bonchev–Trinajstić information content (AvgIpc) is 2.84. The van der Waals surface area contributed by atoms with E-state index in [0.717, 1.165) is 49.4 Å². The molecule has 0 spiro atoms. The Bertz CT molecular complexity index is 496. The van der Waals surface area contributed by atoms with Crippen LogP contribution in [0.2, 0.25) is 0 Å². The molecule has 3 unspecified atom stereocenters. The molecule has 4 saturated carbocycles. The van der Waals surface area contributed by atoms with E-state index < -0.39 is 0 Å². The maximum Gasteiger partial charge on any atom is 0.133 e. The highest BCUT2D eigenvalue weighted by Crippen LogP contribution is 2.64. The van der Waals surface area contributed by atoms with Gasteiger partial charge < -0.3 is 0 Å². The van der Waals surface area contributed by atoms with Crippen molar-refractivity contribution < 1.29 is 9.59 Å². The van der Waals surface area contributed by atoms with Crippen LogP contribution in [0.25, 0.3) is 0 Å². The summed E-state index contributed by atoms with van der Waals surface area (Å²) in [6.07, 6.45) is 10.4. The first-order valence-corrected chi connectivity index (χ1v) is 9.53. The summed E-state index contributed by atoms with van der Waals surface area (Å²) in [5.74, 6) is 5.25. The molecule has 0 aromatic heterocycles. The fourth-order valence-electron chi connectivity index (χ4n) is 7.33. The summed E-state index contributed by atoms with van der Waals surface area (Å²) < 4.78 is 0. The maximum atomic E-state index is 12.1. The summed E-state index contributed by atoms with van der Waals surface area (Å²) in [6, 6.07) is 0. The molecule has 7 atom stereocenters. The van der Waals surface area contributed by atoms with E-state index in [1.165, 1.54) is 32.1 Å². The van der Waals surface area contributed by atoms with Gasteiger partial charge in [-0.3, -0.25) is 9.59 Å². The minimum absolute atomic E-state index is 0.282. The van der Waals surface area contributed by atoms with Gasteiger partial charge in [-0.05, 0) is 86.9 Å². The lowest BCUT2D eigenvalue weighted by Gasteiger charge is -2.55. The van der Waals surface area contributed by atoms with Gasteiger partial charge in [-0.1, -0.05) is 6.92 Å². The fraction of sp³-hybridized carbons (Fsp3) is 0.900. The van der Waals surface area contributed by atoms with E-state index in [1.807, 2.05) is 6.92 Å². The number of rotatable bonds is 1. The first-order chi connectivity index (χ1) is 10.5. The maximum absolute atomic E-state index is 12.1. The van der Waals surface area contributed by atoms with Crippen molar-refractivity contribution in [2.45, 2.75) is 71.6 Å². The molecule has 0 aromatic carbocycles. The second-order valence-electron chi connectivity index (χ2n) is 9.00. The van der Waals surface area contributed by atoms with Gasteiger partial charge in [0.2, 0.25) is 0 Å². The monoisotopic (exact) mass is 302 g/mol. The molecule has 0 amide bonds. The predicted octanol–water partition coefficient (Wildman–Crippen LogP) is 4.41. The van der Waals surface area contributed by atoms with Crippen molar-refractivity contribution in [3.05, 3.63) is 0 Å². The van der Waals surface area contributed by atoms with E-state index in [2.05, 4.69) is 6.92 Å². The smallest absolute Gasteiger partial charge is 0.133 e. The summed E-state index contributed by atoms with van der Waals surface area (Å²) >= 11 is 0. The normalized spacial score (nSPS) is 50.9. The molecule has 0 N–H and O–H groups in total. The molecule has 2 nitrogen and oxygen atoms in total. The molecular formula is C20H30O2. The fourth-order valence-corrected chi connectivity index (χ4v) is 7.33.